The Morgan fingerprint density at radius 2 is 2.06 bits per heavy atom. The standard InChI is InChI=1S/C13H17ClFN/c1-13(6-2-3-7-13)16-9-10-4-5-11(15)8-12(10)14/h4-5,8,16H,2-3,6-7,9H2,1H3. The van der Waals surface area contributed by atoms with Gasteiger partial charge in [-0.25, -0.2) is 4.39 Å². The first-order valence-corrected chi connectivity index (χ1v) is 6.16. The molecule has 1 aliphatic carbocycles. The van der Waals surface area contributed by atoms with Crippen LogP contribution in [0.25, 0.3) is 0 Å². The fraction of sp³-hybridized carbons (Fsp3) is 0.538. The van der Waals surface area contributed by atoms with E-state index in [4.69, 9.17) is 11.6 Å². The van der Waals surface area contributed by atoms with Gasteiger partial charge in [0, 0.05) is 17.1 Å². The van der Waals surface area contributed by atoms with Crippen LogP contribution in [0.3, 0.4) is 0 Å². The molecule has 1 aliphatic rings. The summed E-state index contributed by atoms with van der Waals surface area (Å²) in [6.45, 7) is 2.97. The molecule has 0 spiro atoms. The molecule has 3 heteroatoms. The van der Waals surface area contributed by atoms with Gasteiger partial charge >= 0.3 is 0 Å². The molecule has 1 aromatic carbocycles. The van der Waals surface area contributed by atoms with Crippen molar-refractivity contribution in [1.29, 1.82) is 0 Å². The Morgan fingerprint density at radius 3 is 2.69 bits per heavy atom. The molecule has 2 rings (SSSR count). The third kappa shape index (κ3) is 2.74. The summed E-state index contributed by atoms with van der Waals surface area (Å²) >= 11 is 5.98. The van der Waals surface area contributed by atoms with Gasteiger partial charge < -0.3 is 5.32 Å². The fourth-order valence-electron chi connectivity index (χ4n) is 2.31. The largest absolute Gasteiger partial charge is 0.307 e. The number of hydrogen-bond donors (Lipinski definition) is 1. The molecule has 1 saturated carbocycles. The van der Waals surface area contributed by atoms with Crippen molar-refractivity contribution in [2.45, 2.75) is 44.7 Å². The van der Waals surface area contributed by atoms with E-state index in [1.807, 2.05) is 0 Å². The van der Waals surface area contributed by atoms with E-state index in [1.165, 1.54) is 37.8 Å². The van der Waals surface area contributed by atoms with Gasteiger partial charge in [0.2, 0.25) is 0 Å². The monoisotopic (exact) mass is 241 g/mol. The Balaban J connectivity index is 1.99. The van der Waals surface area contributed by atoms with Gasteiger partial charge in [-0.15, -0.1) is 0 Å². The van der Waals surface area contributed by atoms with E-state index in [0.29, 0.717) is 5.02 Å². The SMILES string of the molecule is CC1(NCc2ccc(F)cc2Cl)CCCC1. The van der Waals surface area contributed by atoms with Gasteiger partial charge in [0.1, 0.15) is 5.82 Å². The molecule has 16 heavy (non-hydrogen) atoms. The van der Waals surface area contributed by atoms with Crippen molar-refractivity contribution in [2.24, 2.45) is 0 Å². The predicted molar refractivity (Wildman–Crippen MR) is 65.1 cm³/mol. The molecule has 0 amide bonds. The minimum atomic E-state index is -0.277. The summed E-state index contributed by atoms with van der Waals surface area (Å²) in [5, 5.41) is 4.04. The zero-order chi connectivity index (χ0) is 11.6. The van der Waals surface area contributed by atoms with Crippen molar-refractivity contribution >= 4 is 11.6 Å². The third-order valence-corrected chi connectivity index (χ3v) is 3.78. The molecule has 0 aliphatic heterocycles. The summed E-state index contributed by atoms with van der Waals surface area (Å²) in [7, 11) is 0. The van der Waals surface area contributed by atoms with Crippen LogP contribution in [0.15, 0.2) is 18.2 Å². The number of hydrogen-bond acceptors (Lipinski definition) is 1. The van der Waals surface area contributed by atoms with Crippen LogP contribution >= 0.6 is 11.6 Å². The van der Waals surface area contributed by atoms with Gasteiger partial charge in [-0.1, -0.05) is 30.5 Å². The van der Waals surface area contributed by atoms with Crippen molar-refractivity contribution in [2.75, 3.05) is 0 Å². The maximum Gasteiger partial charge on any atom is 0.124 e. The van der Waals surface area contributed by atoms with Crippen molar-refractivity contribution in [3.05, 3.63) is 34.6 Å². The normalized spacial score (nSPS) is 18.9. The van der Waals surface area contributed by atoms with Gasteiger partial charge in [-0.3, -0.25) is 0 Å². The summed E-state index contributed by atoms with van der Waals surface area (Å²) in [6, 6.07) is 4.58. The summed E-state index contributed by atoms with van der Waals surface area (Å²) in [4.78, 5) is 0. The van der Waals surface area contributed by atoms with Gasteiger partial charge in [0.05, 0.1) is 0 Å². The summed E-state index contributed by atoms with van der Waals surface area (Å²) in [6.07, 6.45) is 5.01. The van der Waals surface area contributed by atoms with E-state index >= 15 is 0 Å². The van der Waals surface area contributed by atoms with Crippen molar-refractivity contribution in [3.63, 3.8) is 0 Å². The van der Waals surface area contributed by atoms with Crippen LogP contribution in [-0.2, 0) is 6.54 Å². The number of halogens is 2. The van der Waals surface area contributed by atoms with Crippen molar-refractivity contribution in [3.8, 4) is 0 Å². The molecule has 0 radical (unpaired) electrons. The molecule has 0 heterocycles. The number of benzene rings is 1. The van der Waals surface area contributed by atoms with E-state index in [0.717, 1.165) is 12.1 Å². The quantitative estimate of drug-likeness (QED) is 0.846. The first-order valence-electron chi connectivity index (χ1n) is 5.78. The van der Waals surface area contributed by atoms with Crippen LogP contribution in [0.5, 0.6) is 0 Å². The topological polar surface area (TPSA) is 12.0 Å². The average molecular weight is 242 g/mol. The highest BCUT2D eigenvalue weighted by Gasteiger charge is 2.27. The smallest absolute Gasteiger partial charge is 0.124 e. The molecule has 1 aromatic rings. The number of nitrogens with one attached hydrogen (secondary N) is 1. The molecule has 0 bridgehead atoms. The van der Waals surface area contributed by atoms with Gasteiger partial charge in [-0.05, 0) is 37.5 Å². The lowest BCUT2D eigenvalue weighted by Crippen LogP contribution is -2.38. The first-order chi connectivity index (χ1) is 7.59. The van der Waals surface area contributed by atoms with Gasteiger partial charge in [-0.2, -0.15) is 0 Å². The first kappa shape index (κ1) is 11.9. The Labute approximate surface area is 101 Å². The second kappa shape index (κ2) is 4.72. The van der Waals surface area contributed by atoms with Crippen LogP contribution in [0, 0.1) is 5.82 Å². The summed E-state index contributed by atoms with van der Waals surface area (Å²) in [5.41, 5.74) is 1.20. The lowest BCUT2D eigenvalue weighted by Gasteiger charge is -2.25. The average Bonchev–Trinajstić information content (AvgIpc) is 2.64. The second-order valence-electron chi connectivity index (χ2n) is 4.86. The molecule has 1 fully saturated rings. The highest BCUT2D eigenvalue weighted by molar-refractivity contribution is 6.31. The van der Waals surface area contributed by atoms with E-state index in [-0.39, 0.29) is 11.4 Å². The van der Waals surface area contributed by atoms with Gasteiger partial charge in [0.15, 0.2) is 0 Å². The highest BCUT2D eigenvalue weighted by Crippen LogP contribution is 2.29. The molecule has 0 aromatic heterocycles. The molecular formula is C13H17ClFN. The highest BCUT2D eigenvalue weighted by atomic mass is 35.5. The lowest BCUT2D eigenvalue weighted by atomic mass is 10.0. The minimum Gasteiger partial charge on any atom is -0.307 e. The fourth-order valence-corrected chi connectivity index (χ4v) is 2.54. The molecule has 0 unspecified atom stereocenters. The van der Waals surface area contributed by atoms with E-state index in [1.54, 1.807) is 6.07 Å². The zero-order valence-electron chi connectivity index (χ0n) is 9.52. The maximum atomic E-state index is 12.9. The minimum absolute atomic E-state index is 0.234. The maximum absolute atomic E-state index is 12.9. The van der Waals surface area contributed by atoms with Crippen molar-refractivity contribution in [1.82, 2.24) is 5.32 Å². The second-order valence-corrected chi connectivity index (χ2v) is 5.26. The molecular weight excluding hydrogens is 225 g/mol. The van der Waals surface area contributed by atoms with Crippen molar-refractivity contribution < 1.29 is 4.39 Å². The van der Waals surface area contributed by atoms with Crippen LogP contribution in [0.4, 0.5) is 4.39 Å². The van der Waals surface area contributed by atoms with Crippen LogP contribution < -0.4 is 5.32 Å². The van der Waals surface area contributed by atoms with E-state index < -0.39 is 0 Å². The molecule has 88 valence electrons. The predicted octanol–water partition coefficient (Wildman–Crippen LogP) is 3.90. The Bertz CT molecular complexity index is 372. The van der Waals surface area contributed by atoms with Crippen LogP contribution in [0.2, 0.25) is 5.02 Å². The number of rotatable bonds is 3. The van der Waals surface area contributed by atoms with Crippen LogP contribution in [0.1, 0.15) is 38.2 Å². The molecule has 1 nitrogen and oxygen atoms in total. The van der Waals surface area contributed by atoms with E-state index in [2.05, 4.69) is 12.2 Å². The van der Waals surface area contributed by atoms with E-state index in [9.17, 15) is 4.39 Å². The molecule has 1 N–H and O–H groups in total. The Morgan fingerprint density at radius 1 is 1.38 bits per heavy atom. The Kier molecular flexibility index (Phi) is 3.50. The Hall–Kier alpha value is -0.600. The van der Waals surface area contributed by atoms with Crippen LogP contribution in [-0.4, -0.2) is 5.54 Å². The van der Waals surface area contributed by atoms with Gasteiger partial charge in [0.25, 0.3) is 0 Å². The molecule has 0 atom stereocenters. The zero-order valence-corrected chi connectivity index (χ0v) is 10.3. The summed E-state index contributed by atoms with van der Waals surface area (Å²) < 4.78 is 12.9. The molecule has 0 saturated heterocycles. The third-order valence-electron chi connectivity index (χ3n) is 3.43. The summed E-state index contributed by atoms with van der Waals surface area (Å²) in [5.74, 6) is -0.277. The lowest BCUT2D eigenvalue weighted by molar-refractivity contribution is 0.362.